The van der Waals surface area contributed by atoms with Crippen LogP contribution in [-0.2, 0) is 16.0 Å². The Labute approximate surface area is 133 Å². The van der Waals surface area contributed by atoms with Crippen LogP contribution in [0.25, 0.3) is 0 Å². The Morgan fingerprint density at radius 3 is 2.78 bits per heavy atom. The van der Waals surface area contributed by atoms with Crippen LogP contribution >= 0.6 is 0 Å². The van der Waals surface area contributed by atoms with Gasteiger partial charge in [-0.3, -0.25) is 9.59 Å². The highest BCUT2D eigenvalue weighted by Gasteiger charge is 2.41. The van der Waals surface area contributed by atoms with Gasteiger partial charge in [0, 0.05) is 6.42 Å². The van der Waals surface area contributed by atoms with E-state index in [0.717, 1.165) is 31.0 Å². The molecule has 0 aromatic heterocycles. The maximum atomic E-state index is 13.5. The van der Waals surface area contributed by atoms with E-state index >= 15 is 0 Å². The lowest BCUT2D eigenvalue weighted by molar-refractivity contribution is -0.146. The number of halogens is 2. The van der Waals surface area contributed by atoms with Crippen molar-refractivity contribution in [1.82, 2.24) is 5.32 Å². The van der Waals surface area contributed by atoms with Crippen molar-refractivity contribution in [2.75, 3.05) is 0 Å². The number of aliphatic carboxylic acids is 1. The van der Waals surface area contributed by atoms with Gasteiger partial charge in [-0.2, -0.15) is 0 Å². The highest BCUT2D eigenvalue weighted by Crippen LogP contribution is 2.34. The third-order valence-corrected chi connectivity index (χ3v) is 4.56. The molecule has 23 heavy (non-hydrogen) atoms. The van der Waals surface area contributed by atoms with Gasteiger partial charge in [0.2, 0.25) is 5.91 Å². The summed E-state index contributed by atoms with van der Waals surface area (Å²) < 4.78 is 26.7. The average Bonchev–Trinajstić information content (AvgIpc) is 2.48. The summed E-state index contributed by atoms with van der Waals surface area (Å²) in [4.78, 5) is 23.5. The van der Waals surface area contributed by atoms with E-state index in [-0.39, 0.29) is 24.3 Å². The second-order valence-electron chi connectivity index (χ2n) is 6.34. The van der Waals surface area contributed by atoms with Crippen molar-refractivity contribution in [1.29, 1.82) is 0 Å². The monoisotopic (exact) mass is 325 g/mol. The first-order valence-electron chi connectivity index (χ1n) is 7.79. The van der Waals surface area contributed by atoms with E-state index in [4.69, 9.17) is 0 Å². The van der Waals surface area contributed by atoms with Gasteiger partial charge in [0.05, 0.1) is 11.5 Å². The largest absolute Gasteiger partial charge is 0.481 e. The molecular weight excluding hydrogens is 304 g/mol. The van der Waals surface area contributed by atoms with Gasteiger partial charge < -0.3 is 10.4 Å². The van der Waals surface area contributed by atoms with Crippen molar-refractivity contribution >= 4 is 11.9 Å². The van der Waals surface area contributed by atoms with Crippen LogP contribution in [0.2, 0.25) is 0 Å². The van der Waals surface area contributed by atoms with Crippen LogP contribution in [0.1, 0.15) is 44.6 Å². The molecule has 2 N–H and O–H groups in total. The van der Waals surface area contributed by atoms with E-state index in [0.29, 0.717) is 12.8 Å². The number of benzene rings is 1. The second-order valence-corrected chi connectivity index (χ2v) is 6.34. The molecule has 2 unspecified atom stereocenters. The summed E-state index contributed by atoms with van der Waals surface area (Å²) in [5.74, 6) is -2.97. The lowest BCUT2D eigenvalue weighted by Gasteiger charge is -2.39. The Morgan fingerprint density at radius 2 is 2.09 bits per heavy atom. The van der Waals surface area contributed by atoms with Gasteiger partial charge in [-0.15, -0.1) is 0 Å². The van der Waals surface area contributed by atoms with Gasteiger partial charge in [-0.05, 0) is 49.9 Å². The van der Waals surface area contributed by atoms with Crippen molar-refractivity contribution < 1.29 is 23.5 Å². The van der Waals surface area contributed by atoms with Crippen LogP contribution < -0.4 is 5.32 Å². The molecule has 0 aliphatic heterocycles. The molecule has 0 spiro atoms. The third-order valence-electron chi connectivity index (χ3n) is 4.56. The second kappa shape index (κ2) is 7.06. The van der Waals surface area contributed by atoms with Crippen LogP contribution in [0.4, 0.5) is 8.78 Å². The van der Waals surface area contributed by atoms with Gasteiger partial charge in [-0.1, -0.05) is 12.8 Å². The maximum absolute atomic E-state index is 13.5. The quantitative estimate of drug-likeness (QED) is 0.874. The zero-order chi connectivity index (χ0) is 17.0. The van der Waals surface area contributed by atoms with Crippen LogP contribution in [0.5, 0.6) is 0 Å². The number of carbonyl (C=O) groups is 2. The van der Waals surface area contributed by atoms with Gasteiger partial charge in [-0.25, -0.2) is 8.78 Å². The molecule has 126 valence electrons. The molecule has 1 saturated carbocycles. The lowest BCUT2D eigenvalue weighted by atomic mass is 9.74. The summed E-state index contributed by atoms with van der Waals surface area (Å²) in [7, 11) is 0. The van der Waals surface area contributed by atoms with Crippen molar-refractivity contribution in [3.8, 4) is 0 Å². The number of rotatable bonds is 5. The topological polar surface area (TPSA) is 66.4 Å². The summed E-state index contributed by atoms with van der Waals surface area (Å²) in [6.45, 7) is 1.74. The average molecular weight is 325 g/mol. The Kier molecular flexibility index (Phi) is 5.34. The predicted molar refractivity (Wildman–Crippen MR) is 80.8 cm³/mol. The Hall–Kier alpha value is -1.98. The number of amides is 1. The Balaban J connectivity index is 1.98. The molecule has 0 radical (unpaired) electrons. The maximum Gasteiger partial charge on any atom is 0.308 e. The fraction of sp³-hybridized carbons (Fsp3) is 0.529. The predicted octanol–water partition coefficient (Wildman–Crippen LogP) is 3.05. The van der Waals surface area contributed by atoms with E-state index < -0.39 is 29.1 Å². The first-order chi connectivity index (χ1) is 10.8. The lowest BCUT2D eigenvalue weighted by Crippen LogP contribution is -2.55. The smallest absolute Gasteiger partial charge is 0.308 e. The van der Waals surface area contributed by atoms with Gasteiger partial charge >= 0.3 is 5.97 Å². The van der Waals surface area contributed by atoms with Crippen molar-refractivity contribution in [3.05, 3.63) is 35.4 Å². The van der Waals surface area contributed by atoms with E-state index in [1.165, 1.54) is 0 Å². The summed E-state index contributed by atoms with van der Waals surface area (Å²) in [6.07, 6.45) is 2.89. The third kappa shape index (κ3) is 4.27. The van der Waals surface area contributed by atoms with Crippen molar-refractivity contribution in [3.63, 3.8) is 0 Å². The fourth-order valence-corrected chi connectivity index (χ4v) is 3.24. The number of carbonyl (C=O) groups excluding carboxylic acids is 1. The molecule has 2 rings (SSSR count). The summed E-state index contributed by atoms with van der Waals surface area (Å²) in [6, 6.07) is 3.13. The fourth-order valence-electron chi connectivity index (χ4n) is 3.24. The van der Waals surface area contributed by atoms with Crippen LogP contribution in [0, 0.1) is 17.6 Å². The normalized spacial score (nSPS) is 24.2. The minimum atomic E-state index is -0.913. The summed E-state index contributed by atoms with van der Waals surface area (Å²) in [5, 5.41) is 12.1. The van der Waals surface area contributed by atoms with Crippen molar-refractivity contribution in [2.45, 2.75) is 51.0 Å². The standard InChI is InChI=1S/C17H21F2NO3/c1-17(9-3-2-4-13(17)16(22)23)20-15(21)8-5-11-10-12(18)6-7-14(11)19/h6-7,10,13H,2-5,8-9H2,1H3,(H,20,21)(H,22,23). The van der Waals surface area contributed by atoms with Gasteiger partial charge in [0.15, 0.2) is 0 Å². The van der Waals surface area contributed by atoms with E-state index in [9.17, 15) is 23.5 Å². The zero-order valence-corrected chi connectivity index (χ0v) is 13.1. The number of aryl methyl sites for hydroxylation is 1. The molecular formula is C17H21F2NO3. The Bertz CT molecular complexity index is 606. The minimum absolute atomic E-state index is 0.0116. The van der Waals surface area contributed by atoms with Crippen LogP contribution in [0.15, 0.2) is 18.2 Å². The minimum Gasteiger partial charge on any atom is -0.481 e. The molecule has 0 heterocycles. The summed E-state index contributed by atoms with van der Waals surface area (Å²) >= 11 is 0. The molecule has 2 atom stereocenters. The Morgan fingerprint density at radius 1 is 1.35 bits per heavy atom. The molecule has 1 aliphatic carbocycles. The SMILES string of the molecule is CC1(NC(=O)CCc2cc(F)ccc2F)CCCCC1C(=O)O. The molecule has 1 amide bonds. The molecule has 0 saturated heterocycles. The zero-order valence-electron chi connectivity index (χ0n) is 13.1. The first kappa shape index (κ1) is 17.4. The molecule has 4 nitrogen and oxygen atoms in total. The highest BCUT2D eigenvalue weighted by molar-refractivity contribution is 5.79. The number of hydrogen-bond donors (Lipinski definition) is 2. The first-order valence-corrected chi connectivity index (χ1v) is 7.79. The van der Waals surface area contributed by atoms with E-state index in [1.54, 1.807) is 6.92 Å². The van der Waals surface area contributed by atoms with Crippen molar-refractivity contribution in [2.24, 2.45) is 5.92 Å². The van der Waals surface area contributed by atoms with Gasteiger partial charge in [0.1, 0.15) is 11.6 Å². The number of hydrogen-bond acceptors (Lipinski definition) is 2. The van der Waals surface area contributed by atoms with E-state index in [1.807, 2.05) is 0 Å². The van der Waals surface area contributed by atoms with Crippen LogP contribution in [-0.4, -0.2) is 22.5 Å². The van der Waals surface area contributed by atoms with Crippen LogP contribution in [0.3, 0.4) is 0 Å². The highest BCUT2D eigenvalue weighted by atomic mass is 19.1. The number of carboxylic acids is 1. The number of carboxylic acid groups (broad SMARTS) is 1. The molecule has 1 fully saturated rings. The number of nitrogens with one attached hydrogen (secondary N) is 1. The summed E-state index contributed by atoms with van der Waals surface area (Å²) in [5.41, 5.74) is -0.648. The molecule has 6 heteroatoms. The molecule has 1 aliphatic rings. The van der Waals surface area contributed by atoms with E-state index in [2.05, 4.69) is 5.32 Å². The molecule has 1 aromatic rings. The van der Waals surface area contributed by atoms with Gasteiger partial charge in [0.25, 0.3) is 0 Å². The molecule has 0 bridgehead atoms. The molecule has 1 aromatic carbocycles.